The number of halogens is 1. The Morgan fingerprint density at radius 3 is 2.61 bits per heavy atom. The molecule has 0 saturated heterocycles. The summed E-state index contributed by atoms with van der Waals surface area (Å²) in [6.45, 7) is 4.68. The molecule has 0 aliphatic heterocycles. The van der Waals surface area contributed by atoms with Crippen LogP contribution in [0.5, 0.6) is 11.5 Å². The third kappa shape index (κ3) is 4.28. The molecule has 0 aliphatic rings. The first-order chi connectivity index (χ1) is 13.5. The van der Waals surface area contributed by atoms with Crippen LogP contribution in [0.2, 0.25) is 5.15 Å². The second-order valence-corrected chi connectivity index (χ2v) is 6.51. The van der Waals surface area contributed by atoms with E-state index in [1.165, 1.54) is 0 Å². The first-order valence-corrected chi connectivity index (χ1v) is 9.30. The van der Waals surface area contributed by atoms with Gasteiger partial charge in [-0.25, -0.2) is 4.68 Å². The number of hydrogen-bond acceptors (Lipinski definition) is 4. The van der Waals surface area contributed by atoms with Crippen LogP contribution in [0, 0.1) is 6.92 Å². The predicted octanol–water partition coefficient (Wildman–Crippen LogP) is 4.55. The van der Waals surface area contributed by atoms with Crippen molar-refractivity contribution in [1.29, 1.82) is 0 Å². The van der Waals surface area contributed by atoms with Gasteiger partial charge in [0, 0.05) is 11.8 Å². The highest BCUT2D eigenvalue weighted by Gasteiger charge is 2.21. The van der Waals surface area contributed by atoms with Crippen LogP contribution in [-0.2, 0) is 6.54 Å². The fourth-order valence-electron chi connectivity index (χ4n) is 2.89. The first-order valence-electron chi connectivity index (χ1n) is 8.92. The van der Waals surface area contributed by atoms with Gasteiger partial charge in [-0.2, -0.15) is 5.10 Å². The van der Waals surface area contributed by atoms with E-state index in [1.54, 1.807) is 36.9 Å². The van der Waals surface area contributed by atoms with Crippen molar-refractivity contribution >= 4 is 23.2 Å². The fourth-order valence-corrected chi connectivity index (χ4v) is 3.21. The number of aryl methyl sites for hydroxylation is 1. The molecule has 7 heteroatoms. The molecule has 0 aliphatic carbocycles. The molecule has 3 rings (SSSR count). The molecule has 0 bridgehead atoms. The number of amides is 1. The van der Waals surface area contributed by atoms with Gasteiger partial charge >= 0.3 is 0 Å². The second-order valence-electron chi connectivity index (χ2n) is 6.15. The number of anilines is 1. The van der Waals surface area contributed by atoms with Gasteiger partial charge in [-0.15, -0.1) is 0 Å². The van der Waals surface area contributed by atoms with Crippen molar-refractivity contribution < 1.29 is 14.3 Å². The van der Waals surface area contributed by atoms with Gasteiger partial charge in [-0.1, -0.05) is 41.9 Å². The van der Waals surface area contributed by atoms with Crippen LogP contribution in [0.15, 0.2) is 48.5 Å². The van der Waals surface area contributed by atoms with Gasteiger partial charge in [-0.05, 0) is 31.5 Å². The number of ether oxygens (including phenoxy) is 2. The normalized spacial score (nSPS) is 10.6. The molecule has 1 amide bonds. The summed E-state index contributed by atoms with van der Waals surface area (Å²) in [4.78, 5) is 12.8. The smallest absolute Gasteiger partial charge is 0.260 e. The molecule has 0 atom stereocenters. The summed E-state index contributed by atoms with van der Waals surface area (Å²) in [5.41, 5.74) is 2.55. The lowest BCUT2D eigenvalue weighted by molar-refractivity contribution is 0.102. The van der Waals surface area contributed by atoms with Crippen molar-refractivity contribution in [2.75, 3.05) is 19.0 Å². The second kappa shape index (κ2) is 8.80. The van der Waals surface area contributed by atoms with E-state index in [0.29, 0.717) is 46.7 Å². The molecule has 3 aromatic rings. The number of methoxy groups -OCH3 is 1. The van der Waals surface area contributed by atoms with Crippen LogP contribution in [0.25, 0.3) is 0 Å². The lowest BCUT2D eigenvalue weighted by Gasteiger charge is -2.12. The predicted molar refractivity (Wildman–Crippen MR) is 110 cm³/mol. The highest BCUT2D eigenvalue weighted by atomic mass is 35.5. The summed E-state index contributed by atoms with van der Waals surface area (Å²) in [5, 5.41) is 7.57. The summed E-state index contributed by atoms with van der Waals surface area (Å²) in [6, 6.07) is 15.0. The number of aromatic nitrogens is 2. The average Bonchev–Trinajstić information content (AvgIpc) is 2.97. The largest absolute Gasteiger partial charge is 0.493 e. The molecule has 1 N–H and O–H groups in total. The first kappa shape index (κ1) is 19.8. The van der Waals surface area contributed by atoms with E-state index in [0.717, 1.165) is 5.56 Å². The highest BCUT2D eigenvalue weighted by Crippen LogP contribution is 2.31. The Morgan fingerprint density at radius 2 is 1.93 bits per heavy atom. The van der Waals surface area contributed by atoms with E-state index in [2.05, 4.69) is 10.4 Å². The summed E-state index contributed by atoms with van der Waals surface area (Å²) in [7, 11) is 1.55. The number of carbonyl (C=O) groups excluding carboxylic acids is 1. The standard InChI is InChI=1S/C21H22ClN3O3/c1-4-28-17-11-10-16(12-18(17)27-3)23-21(26)19-14(2)24-25(20(19)22)13-15-8-6-5-7-9-15/h5-12H,4,13H2,1-3H3,(H,23,26). The number of carbonyl (C=O) groups is 1. The number of nitrogens with one attached hydrogen (secondary N) is 1. The summed E-state index contributed by atoms with van der Waals surface area (Å²) in [6.07, 6.45) is 0. The zero-order valence-electron chi connectivity index (χ0n) is 16.0. The molecule has 0 unspecified atom stereocenters. The van der Waals surface area contributed by atoms with Gasteiger partial charge in [0.15, 0.2) is 11.5 Å². The number of hydrogen-bond donors (Lipinski definition) is 1. The van der Waals surface area contributed by atoms with Crippen LogP contribution >= 0.6 is 11.6 Å². The van der Waals surface area contributed by atoms with Gasteiger partial charge in [-0.3, -0.25) is 4.79 Å². The van der Waals surface area contributed by atoms with Crippen LogP contribution in [0.4, 0.5) is 5.69 Å². The Kier molecular flexibility index (Phi) is 6.21. The van der Waals surface area contributed by atoms with Gasteiger partial charge in [0.25, 0.3) is 5.91 Å². The molecule has 146 valence electrons. The van der Waals surface area contributed by atoms with Crippen molar-refractivity contribution in [3.05, 3.63) is 70.5 Å². The third-order valence-electron chi connectivity index (χ3n) is 4.19. The van der Waals surface area contributed by atoms with Gasteiger partial charge < -0.3 is 14.8 Å². The maximum Gasteiger partial charge on any atom is 0.260 e. The molecule has 1 heterocycles. The topological polar surface area (TPSA) is 65.4 Å². The number of rotatable bonds is 7. The van der Waals surface area contributed by atoms with Crippen molar-refractivity contribution in [3.8, 4) is 11.5 Å². The van der Waals surface area contributed by atoms with E-state index in [4.69, 9.17) is 21.1 Å². The molecule has 0 saturated carbocycles. The van der Waals surface area contributed by atoms with Crippen LogP contribution < -0.4 is 14.8 Å². The van der Waals surface area contributed by atoms with E-state index in [9.17, 15) is 4.79 Å². The molecule has 1 aromatic heterocycles. The Bertz CT molecular complexity index is 971. The highest BCUT2D eigenvalue weighted by molar-refractivity contribution is 6.33. The van der Waals surface area contributed by atoms with Crippen LogP contribution in [-0.4, -0.2) is 29.4 Å². The Morgan fingerprint density at radius 1 is 1.18 bits per heavy atom. The zero-order valence-corrected chi connectivity index (χ0v) is 16.8. The zero-order chi connectivity index (χ0) is 20.1. The van der Waals surface area contributed by atoms with Crippen molar-refractivity contribution in [3.63, 3.8) is 0 Å². The summed E-state index contributed by atoms with van der Waals surface area (Å²) < 4.78 is 12.4. The van der Waals surface area contributed by atoms with Gasteiger partial charge in [0.2, 0.25) is 0 Å². The molecule has 0 radical (unpaired) electrons. The Labute approximate surface area is 169 Å². The lowest BCUT2D eigenvalue weighted by atomic mass is 10.2. The third-order valence-corrected chi connectivity index (χ3v) is 4.57. The quantitative estimate of drug-likeness (QED) is 0.632. The minimum Gasteiger partial charge on any atom is -0.493 e. The average molecular weight is 400 g/mol. The minimum atomic E-state index is -0.326. The van der Waals surface area contributed by atoms with E-state index in [1.807, 2.05) is 37.3 Å². The van der Waals surface area contributed by atoms with E-state index < -0.39 is 0 Å². The molecular formula is C21H22ClN3O3. The maximum atomic E-state index is 12.8. The molecule has 0 spiro atoms. The molecule has 28 heavy (non-hydrogen) atoms. The van der Waals surface area contributed by atoms with Crippen molar-refractivity contribution in [2.24, 2.45) is 0 Å². The van der Waals surface area contributed by atoms with Gasteiger partial charge in [0.1, 0.15) is 5.15 Å². The van der Waals surface area contributed by atoms with E-state index >= 15 is 0 Å². The molecule has 2 aromatic carbocycles. The number of benzene rings is 2. The van der Waals surface area contributed by atoms with Crippen molar-refractivity contribution in [2.45, 2.75) is 20.4 Å². The summed E-state index contributed by atoms with van der Waals surface area (Å²) >= 11 is 6.46. The lowest BCUT2D eigenvalue weighted by Crippen LogP contribution is -2.13. The Hall–Kier alpha value is -2.99. The number of nitrogens with zero attached hydrogens (tertiary/aromatic N) is 2. The summed E-state index contributed by atoms with van der Waals surface area (Å²) in [5.74, 6) is 0.836. The maximum absolute atomic E-state index is 12.8. The van der Waals surface area contributed by atoms with Crippen molar-refractivity contribution in [1.82, 2.24) is 9.78 Å². The SMILES string of the molecule is CCOc1ccc(NC(=O)c2c(C)nn(Cc3ccccc3)c2Cl)cc1OC. The monoisotopic (exact) mass is 399 g/mol. The molecule has 6 nitrogen and oxygen atoms in total. The van der Waals surface area contributed by atoms with Crippen LogP contribution in [0.1, 0.15) is 28.5 Å². The molecule has 0 fully saturated rings. The van der Waals surface area contributed by atoms with E-state index in [-0.39, 0.29) is 5.91 Å². The van der Waals surface area contributed by atoms with Gasteiger partial charge in [0.05, 0.1) is 31.5 Å². The fraction of sp³-hybridized carbons (Fsp3) is 0.238. The Balaban J connectivity index is 1.81. The molecular weight excluding hydrogens is 378 g/mol. The minimum absolute atomic E-state index is 0.303. The van der Waals surface area contributed by atoms with Crippen LogP contribution in [0.3, 0.4) is 0 Å².